The number of fused-ring (bicyclic) bond motifs is 1. The van der Waals surface area contributed by atoms with Gasteiger partial charge in [-0.3, -0.25) is 4.79 Å². The van der Waals surface area contributed by atoms with E-state index in [9.17, 15) is 9.90 Å². The molecule has 66 valence electrons. The molecule has 1 N–H and O–H groups in total. The van der Waals surface area contributed by atoms with E-state index in [2.05, 4.69) is 13.8 Å². The summed E-state index contributed by atoms with van der Waals surface area (Å²) in [7, 11) is 0. The highest BCUT2D eigenvalue weighted by atomic mass is 16.4. The Hall–Kier alpha value is -0.530. The Labute approximate surface area is 72.0 Å². The molecule has 0 spiro atoms. The minimum absolute atomic E-state index is 0.149. The lowest BCUT2D eigenvalue weighted by molar-refractivity contribution is -0.336. The summed E-state index contributed by atoms with van der Waals surface area (Å²) in [5.74, 6) is -0.0243. The zero-order chi connectivity index (χ0) is 8.78. The van der Waals surface area contributed by atoms with Gasteiger partial charge in [0.05, 0.1) is 5.41 Å². The second-order valence-electron chi connectivity index (χ2n) is 5.29. The number of carboxylic acid groups (broad SMARTS) is 1. The first-order chi connectivity index (χ1) is 5.49. The van der Waals surface area contributed by atoms with Gasteiger partial charge in [-0.25, -0.2) is 0 Å². The van der Waals surface area contributed by atoms with E-state index < -0.39 is 5.97 Å². The van der Waals surface area contributed by atoms with Crippen molar-refractivity contribution in [2.75, 3.05) is 0 Å². The molecular formula is C10H14O2. The lowest BCUT2D eigenvalue weighted by atomic mass is 9.22. The first-order valence-electron chi connectivity index (χ1n) is 4.72. The first kappa shape index (κ1) is 6.93. The Bertz CT molecular complexity index is 298. The molecule has 2 nitrogen and oxygen atoms in total. The molecule has 5 saturated carbocycles. The summed E-state index contributed by atoms with van der Waals surface area (Å²) in [5.41, 5.74) is 0.254. The maximum atomic E-state index is 11.1. The number of rotatable bonds is 1. The van der Waals surface area contributed by atoms with E-state index in [0.717, 1.165) is 19.3 Å². The largest absolute Gasteiger partial charge is 0.481 e. The van der Waals surface area contributed by atoms with Gasteiger partial charge in [-0.1, -0.05) is 13.8 Å². The van der Waals surface area contributed by atoms with Gasteiger partial charge >= 0.3 is 5.97 Å². The molecule has 0 amide bonds. The van der Waals surface area contributed by atoms with Crippen LogP contribution in [0.1, 0.15) is 33.1 Å². The van der Waals surface area contributed by atoms with Gasteiger partial charge in [0.1, 0.15) is 0 Å². The molecule has 0 aromatic rings. The first-order valence-corrected chi connectivity index (χ1v) is 4.72. The third kappa shape index (κ3) is 0.301. The summed E-state index contributed by atoms with van der Waals surface area (Å²) in [6.45, 7) is 4.45. The lowest BCUT2D eigenvalue weighted by Gasteiger charge is -2.80. The highest BCUT2D eigenvalue weighted by Gasteiger charge is 2.91. The third-order valence-electron chi connectivity index (χ3n) is 5.57. The summed E-state index contributed by atoms with van der Waals surface area (Å²) in [6.07, 6.45) is 3.23. The van der Waals surface area contributed by atoms with Crippen LogP contribution < -0.4 is 0 Å². The van der Waals surface area contributed by atoms with Gasteiger partial charge < -0.3 is 5.11 Å². The van der Waals surface area contributed by atoms with Crippen molar-refractivity contribution >= 4 is 5.97 Å². The fraction of sp³-hybridized carbons (Fsp3) is 0.900. The number of hydrogen-bond acceptors (Lipinski definition) is 1. The van der Waals surface area contributed by atoms with Crippen LogP contribution in [0.5, 0.6) is 0 Å². The van der Waals surface area contributed by atoms with E-state index in [0.29, 0.717) is 11.3 Å². The van der Waals surface area contributed by atoms with Crippen LogP contribution >= 0.6 is 0 Å². The van der Waals surface area contributed by atoms with E-state index >= 15 is 0 Å². The molecule has 4 bridgehead atoms. The number of carbonyl (C=O) groups is 1. The maximum Gasteiger partial charge on any atom is 0.310 e. The fourth-order valence-corrected chi connectivity index (χ4v) is 4.69. The lowest BCUT2D eigenvalue weighted by Crippen LogP contribution is -2.80. The van der Waals surface area contributed by atoms with Gasteiger partial charge in [0.25, 0.3) is 0 Å². The fourth-order valence-electron chi connectivity index (χ4n) is 4.69. The van der Waals surface area contributed by atoms with Crippen LogP contribution in [0.2, 0.25) is 0 Å². The quantitative estimate of drug-likeness (QED) is 0.646. The predicted octanol–water partition coefficient (Wildman–Crippen LogP) is 1.90. The Morgan fingerprint density at radius 3 is 2.42 bits per heavy atom. The van der Waals surface area contributed by atoms with Crippen molar-refractivity contribution in [2.24, 2.45) is 22.2 Å². The zero-order valence-corrected chi connectivity index (χ0v) is 7.55. The molecule has 0 aliphatic heterocycles. The summed E-state index contributed by atoms with van der Waals surface area (Å²) in [5, 5.41) is 9.19. The van der Waals surface area contributed by atoms with Crippen molar-refractivity contribution in [2.45, 2.75) is 33.1 Å². The minimum atomic E-state index is -0.531. The molecule has 0 heterocycles. The van der Waals surface area contributed by atoms with Gasteiger partial charge in [0.15, 0.2) is 0 Å². The van der Waals surface area contributed by atoms with Crippen LogP contribution in [0.25, 0.3) is 0 Å². The number of carboxylic acids is 1. The van der Waals surface area contributed by atoms with Crippen LogP contribution in [0, 0.1) is 22.2 Å². The van der Waals surface area contributed by atoms with Crippen molar-refractivity contribution < 1.29 is 9.90 Å². The van der Waals surface area contributed by atoms with Crippen LogP contribution in [-0.4, -0.2) is 11.1 Å². The second-order valence-corrected chi connectivity index (χ2v) is 5.29. The topological polar surface area (TPSA) is 37.3 Å². The molecular weight excluding hydrogens is 152 g/mol. The SMILES string of the molecule is C[C@@]12CC[C@H]3[C@@]1(C(=O)O)C[C@]32C. The molecule has 0 unspecified atom stereocenters. The molecule has 2 heteroatoms. The predicted molar refractivity (Wildman–Crippen MR) is 43.6 cm³/mol. The van der Waals surface area contributed by atoms with Gasteiger partial charge in [-0.2, -0.15) is 0 Å². The van der Waals surface area contributed by atoms with Crippen molar-refractivity contribution in [3.05, 3.63) is 0 Å². The van der Waals surface area contributed by atoms with Crippen molar-refractivity contribution in [3.63, 3.8) is 0 Å². The van der Waals surface area contributed by atoms with E-state index in [-0.39, 0.29) is 10.8 Å². The summed E-state index contributed by atoms with van der Waals surface area (Å²) < 4.78 is 0. The minimum Gasteiger partial charge on any atom is -0.481 e. The summed E-state index contributed by atoms with van der Waals surface area (Å²) in [6, 6.07) is 0. The molecule has 0 radical (unpaired) electrons. The van der Waals surface area contributed by atoms with Crippen LogP contribution in [0.3, 0.4) is 0 Å². The van der Waals surface area contributed by atoms with Crippen molar-refractivity contribution in [1.82, 2.24) is 0 Å². The van der Waals surface area contributed by atoms with Crippen molar-refractivity contribution in [1.29, 1.82) is 0 Å². The molecule has 5 aliphatic rings. The highest BCUT2D eigenvalue weighted by Crippen LogP contribution is 2.93. The average molecular weight is 166 g/mol. The molecule has 5 fully saturated rings. The van der Waals surface area contributed by atoms with Gasteiger partial charge in [0.2, 0.25) is 0 Å². The van der Waals surface area contributed by atoms with E-state index in [4.69, 9.17) is 0 Å². The third-order valence-corrected chi connectivity index (χ3v) is 5.57. The molecule has 12 heavy (non-hydrogen) atoms. The van der Waals surface area contributed by atoms with E-state index in [1.165, 1.54) is 0 Å². The van der Waals surface area contributed by atoms with Gasteiger partial charge in [-0.15, -0.1) is 0 Å². The van der Waals surface area contributed by atoms with Crippen LogP contribution in [0.4, 0.5) is 0 Å². The zero-order valence-electron chi connectivity index (χ0n) is 7.55. The Balaban J connectivity index is 2.12. The normalized spacial score (nSPS) is 65.3. The van der Waals surface area contributed by atoms with Gasteiger partial charge in [0, 0.05) is 0 Å². The molecule has 4 atom stereocenters. The van der Waals surface area contributed by atoms with Gasteiger partial charge in [-0.05, 0) is 36.0 Å². The smallest absolute Gasteiger partial charge is 0.310 e. The van der Waals surface area contributed by atoms with Crippen LogP contribution in [0.15, 0.2) is 0 Å². The maximum absolute atomic E-state index is 11.1. The summed E-state index contributed by atoms with van der Waals surface area (Å²) >= 11 is 0. The standard InChI is InChI=1S/C10H14O2/c1-8-5-10(7(11)12)6(8)3-4-9(8,10)2/h6H,3-5H2,1-2H3,(H,11,12)/t6-,8-,9+,10-/m1/s1. The molecule has 0 aromatic carbocycles. The Kier molecular flexibility index (Phi) is 0.774. The highest BCUT2D eigenvalue weighted by molar-refractivity contribution is 5.83. The summed E-state index contributed by atoms with van der Waals surface area (Å²) in [4.78, 5) is 11.1. The molecule has 5 aliphatic carbocycles. The molecule has 5 rings (SSSR count). The molecule has 0 saturated heterocycles. The Morgan fingerprint density at radius 1 is 1.50 bits per heavy atom. The van der Waals surface area contributed by atoms with Crippen LogP contribution in [-0.2, 0) is 4.79 Å². The van der Waals surface area contributed by atoms with E-state index in [1.807, 2.05) is 0 Å². The van der Waals surface area contributed by atoms with E-state index in [1.54, 1.807) is 0 Å². The van der Waals surface area contributed by atoms with Crippen molar-refractivity contribution in [3.8, 4) is 0 Å². The Morgan fingerprint density at radius 2 is 2.17 bits per heavy atom. The number of hydrogen-bond donors (Lipinski definition) is 1. The number of aliphatic carboxylic acids is 1. The second kappa shape index (κ2) is 1.34. The molecule has 0 aromatic heterocycles. The average Bonchev–Trinajstić information content (AvgIpc) is 2.33. The monoisotopic (exact) mass is 166 g/mol.